The molecular weight excluding hydrogens is 213 g/mol. The van der Waals surface area contributed by atoms with E-state index in [9.17, 15) is 4.79 Å². The normalized spacial score (nSPS) is 11.5. The zero-order chi connectivity index (χ0) is 9.14. The Morgan fingerprint density at radius 2 is 1.85 bits per heavy atom. The van der Waals surface area contributed by atoms with E-state index >= 15 is 0 Å². The number of carbonyl (C=O) groups is 1. The van der Waals surface area contributed by atoms with Gasteiger partial charge < -0.3 is 23.2 Å². The lowest BCUT2D eigenvalue weighted by molar-refractivity contribution is -0.413. The van der Waals surface area contributed by atoms with Crippen LogP contribution in [-0.4, -0.2) is 11.1 Å². The molecule has 13 heavy (non-hydrogen) atoms. The number of hydrogen-bond acceptors (Lipinski definition) is 1. The molecule has 0 spiro atoms. The van der Waals surface area contributed by atoms with E-state index in [2.05, 4.69) is 5.73 Å². The van der Waals surface area contributed by atoms with Gasteiger partial charge in [-0.1, -0.05) is 23.7 Å². The molecule has 4 N–H and O–H groups in total. The summed E-state index contributed by atoms with van der Waals surface area (Å²) < 4.78 is 0. The Bertz CT molecular complexity index is 287. The van der Waals surface area contributed by atoms with Gasteiger partial charge in [0.25, 0.3) is 0 Å². The number of benzene rings is 1. The van der Waals surface area contributed by atoms with Crippen molar-refractivity contribution in [3.8, 4) is 0 Å². The Hall–Kier alpha value is -0.770. The van der Waals surface area contributed by atoms with E-state index in [1.807, 2.05) is 0 Å². The number of carboxylic acids is 1. The van der Waals surface area contributed by atoms with Gasteiger partial charge in [0, 0.05) is 10.6 Å². The zero-order valence-corrected chi connectivity index (χ0v) is 8.22. The Labute approximate surface area is 86.9 Å². The van der Waals surface area contributed by atoms with Crippen molar-refractivity contribution < 1.29 is 28.0 Å². The van der Waals surface area contributed by atoms with Crippen LogP contribution in [0.5, 0.6) is 0 Å². The van der Waals surface area contributed by atoms with Crippen molar-refractivity contribution in [2.45, 2.75) is 6.04 Å². The molecule has 0 radical (unpaired) electrons. The largest absolute Gasteiger partial charge is 1.00 e. The first-order valence-corrected chi connectivity index (χ1v) is 3.80. The lowest BCUT2D eigenvalue weighted by Crippen LogP contribution is -3.00. The van der Waals surface area contributed by atoms with E-state index in [4.69, 9.17) is 16.7 Å². The Balaban J connectivity index is 0.00000144. The monoisotopic (exact) mass is 221 g/mol. The molecular formula is C8H9Cl2NO2. The second kappa shape index (κ2) is 5.07. The summed E-state index contributed by atoms with van der Waals surface area (Å²) in [7, 11) is 0. The second-order valence-corrected chi connectivity index (χ2v) is 2.88. The van der Waals surface area contributed by atoms with Crippen LogP contribution in [0.3, 0.4) is 0 Å². The summed E-state index contributed by atoms with van der Waals surface area (Å²) in [6, 6.07) is 5.90. The lowest BCUT2D eigenvalue weighted by atomic mass is 10.1. The molecule has 1 unspecified atom stereocenters. The highest BCUT2D eigenvalue weighted by Crippen LogP contribution is 2.13. The van der Waals surface area contributed by atoms with Crippen molar-refractivity contribution in [3.05, 3.63) is 34.9 Å². The van der Waals surface area contributed by atoms with Gasteiger partial charge in [0.15, 0.2) is 0 Å². The molecule has 0 heterocycles. The summed E-state index contributed by atoms with van der Waals surface area (Å²) in [5, 5.41) is 9.20. The highest BCUT2D eigenvalue weighted by molar-refractivity contribution is 6.30. The molecule has 0 saturated carbocycles. The van der Waals surface area contributed by atoms with Crippen molar-refractivity contribution in [1.29, 1.82) is 0 Å². The highest BCUT2D eigenvalue weighted by atomic mass is 35.5. The standard InChI is InChI=1S/C8H8ClNO2.ClH/c9-6-3-1-5(2-4-6)7(10)8(11)12;/h1-4,7H,10H2,(H,11,12);1H. The summed E-state index contributed by atoms with van der Waals surface area (Å²) in [6.45, 7) is 0. The van der Waals surface area contributed by atoms with Gasteiger partial charge in [-0.25, -0.2) is 4.79 Å². The summed E-state index contributed by atoms with van der Waals surface area (Å²) in [6.07, 6.45) is 0. The fraction of sp³-hybridized carbons (Fsp3) is 0.125. The van der Waals surface area contributed by atoms with Crippen LogP contribution in [0.1, 0.15) is 11.6 Å². The molecule has 3 nitrogen and oxygen atoms in total. The number of halogens is 2. The van der Waals surface area contributed by atoms with Crippen molar-refractivity contribution in [3.63, 3.8) is 0 Å². The van der Waals surface area contributed by atoms with Crippen molar-refractivity contribution >= 4 is 17.6 Å². The van der Waals surface area contributed by atoms with Crippen molar-refractivity contribution in [2.75, 3.05) is 0 Å². The quantitative estimate of drug-likeness (QED) is 0.591. The molecule has 5 heteroatoms. The van der Waals surface area contributed by atoms with Crippen molar-refractivity contribution in [1.82, 2.24) is 0 Å². The van der Waals surface area contributed by atoms with E-state index in [-0.39, 0.29) is 12.4 Å². The third-order valence-electron chi connectivity index (χ3n) is 1.57. The van der Waals surface area contributed by atoms with Crippen LogP contribution < -0.4 is 18.1 Å². The predicted molar refractivity (Wildman–Crippen MR) is 44.7 cm³/mol. The molecule has 0 aliphatic carbocycles. The molecule has 0 saturated heterocycles. The van der Waals surface area contributed by atoms with Gasteiger partial charge in [0.1, 0.15) is 0 Å². The first-order chi connectivity index (χ1) is 5.61. The molecule has 0 fully saturated rings. The van der Waals surface area contributed by atoms with E-state index < -0.39 is 12.0 Å². The van der Waals surface area contributed by atoms with Gasteiger partial charge in [0.2, 0.25) is 6.04 Å². The van der Waals surface area contributed by atoms with Crippen LogP contribution >= 0.6 is 11.6 Å². The maximum atomic E-state index is 10.5. The smallest absolute Gasteiger partial charge is 0.367 e. The minimum absolute atomic E-state index is 0. The topological polar surface area (TPSA) is 64.9 Å². The molecule has 0 aliphatic rings. The fourth-order valence-corrected chi connectivity index (χ4v) is 0.964. The average molecular weight is 222 g/mol. The number of carboxylic acid groups (broad SMARTS) is 1. The highest BCUT2D eigenvalue weighted by Gasteiger charge is 2.17. The van der Waals surface area contributed by atoms with Crippen LogP contribution in [0.4, 0.5) is 0 Å². The Morgan fingerprint density at radius 3 is 2.23 bits per heavy atom. The number of hydrogen-bond donors (Lipinski definition) is 2. The average Bonchev–Trinajstić information content (AvgIpc) is 2.04. The van der Waals surface area contributed by atoms with E-state index in [0.29, 0.717) is 10.6 Å². The first kappa shape index (κ1) is 12.2. The zero-order valence-electron chi connectivity index (χ0n) is 6.71. The van der Waals surface area contributed by atoms with Gasteiger partial charge in [-0.3, -0.25) is 0 Å². The van der Waals surface area contributed by atoms with Crippen molar-refractivity contribution in [2.24, 2.45) is 0 Å². The molecule has 1 rings (SSSR count). The summed E-state index contributed by atoms with van der Waals surface area (Å²) in [5.74, 6) is -0.933. The molecule has 0 amide bonds. The molecule has 0 aliphatic heterocycles. The third kappa shape index (κ3) is 3.22. The number of quaternary nitrogens is 1. The van der Waals surface area contributed by atoms with Gasteiger partial charge in [-0.2, -0.15) is 0 Å². The Morgan fingerprint density at radius 1 is 1.38 bits per heavy atom. The van der Waals surface area contributed by atoms with Crippen LogP contribution in [-0.2, 0) is 4.79 Å². The second-order valence-electron chi connectivity index (χ2n) is 2.44. The third-order valence-corrected chi connectivity index (χ3v) is 1.82. The molecule has 1 aromatic carbocycles. The maximum Gasteiger partial charge on any atom is 0.367 e. The van der Waals surface area contributed by atoms with Gasteiger partial charge in [-0.05, 0) is 12.1 Å². The minimum atomic E-state index is -0.933. The fourth-order valence-electron chi connectivity index (χ4n) is 0.838. The van der Waals surface area contributed by atoms with E-state index in [1.54, 1.807) is 24.3 Å². The minimum Gasteiger partial charge on any atom is -1.00 e. The number of aliphatic carboxylic acids is 1. The number of rotatable bonds is 2. The van der Waals surface area contributed by atoms with Crippen LogP contribution in [0, 0.1) is 0 Å². The maximum absolute atomic E-state index is 10.5. The summed E-state index contributed by atoms with van der Waals surface area (Å²) >= 11 is 5.63. The summed E-state index contributed by atoms with van der Waals surface area (Å²) in [5.41, 5.74) is 4.15. The molecule has 1 atom stereocenters. The molecule has 0 aromatic heterocycles. The molecule has 1 aromatic rings. The summed E-state index contributed by atoms with van der Waals surface area (Å²) in [4.78, 5) is 10.5. The SMILES string of the molecule is [Cl-].[NH3+]C(C(=O)O)c1ccc(Cl)cc1. The Kier molecular flexibility index (Phi) is 4.77. The van der Waals surface area contributed by atoms with Crippen LogP contribution in [0.25, 0.3) is 0 Å². The van der Waals surface area contributed by atoms with Gasteiger partial charge in [-0.15, -0.1) is 0 Å². The van der Waals surface area contributed by atoms with Gasteiger partial charge >= 0.3 is 5.97 Å². The lowest BCUT2D eigenvalue weighted by Gasteiger charge is -2.02. The predicted octanol–water partition coefficient (Wildman–Crippen LogP) is -2.29. The van der Waals surface area contributed by atoms with E-state index in [1.165, 1.54) is 0 Å². The first-order valence-electron chi connectivity index (χ1n) is 3.42. The molecule has 0 bridgehead atoms. The van der Waals surface area contributed by atoms with Crippen LogP contribution in [0.15, 0.2) is 24.3 Å². The molecule has 72 valence electrons. The van der Waals surface area contributed by atoms with Crippen LogP contribution in [0.2, 0.25) is 5.02 Å². The van der Waals surface area contributed by atoms with E-state index in [0.717, 1.165) is 0 Å². The van der Waals surface area contributed by atoms with Gasteiger partial charge in [0.05, 0.1) is 0 Å².